The number of hydrogen-bond acceptors (Lipinski definition) is 9. The van der Waals surface area contributed by atoms with Gasteiger partial charge in [-0.15, -0.1) is 0 Å². The third-order valence-corrected chi connectivity index (χ3v) is 9.57. The zero-order valence-corrected chi connectivity index (χ0v) is 26.9. The van der Waals surface area contributed by atoms with Gasteiger partial charge in [0.2, 0.25) is 0 Å². The number of piperidine rings is 2. The number of benzene rings is 2. The maximum Gasteiger partial charge on any atom is 0.250 e. The number of ether oxygens (including phenoxy) is 1. The Hall–Kier alpha value is -4.43. The minimum absolute atomic E-state index is 0.0744. The van der Waals surface area contributed by atoms with Crippen LogP contribution in [0.2, 0.25) is 0 Å². The number of aromatic nitrogens is 4. The van der Waals surface area contributed by atoms with Crippen molar-refractivity contribution in [3.05, 3.63) is 72.3 Å². The van der Waals surface area contributed by atoms with Crippen LogP contribution in [0.15, 0.2) is 55.1 Å². The molecule has 14 heteroatoms. The van der Waals surface area contributed by atoms with Gasteiger partial charge in [-0.05, 0) is 25.0 Å². The molecule has 0 radical (unpaired) electrons. The highest BCUT2D eigenvalue weighted by Gasteiger charge is 2.37. The molecule has 3 saturated heterocycles. The van der Waals surface area contributed by atoms with E-state index in [-0.39, 0.29) is 24.4 Å². The van der Waals surface area contributed by atoms with Crippen molar-refractivity contribution in [2.45, 2.75) is 50.1 Å². The molecule has 2 aromatic heterocycles. The lowest BCUT2D eigenvalue weighted by Gasteiger charge is -2.42. The van der Waals surface area contributed by atoms with Crippen LogP contribution < -0.4 is 20.0 Å². The van der Waals surface area contributed by atoms with E-state index in [0.29, 0.717) is 49.2 Å². The van der Waals surface area contributed by atoms with Crippen LogP contribution in [0.4, 0.5) is 40.6 Å². The maximum absolute atomic E-state index is 14.7. The Kier molecular flexibility index (Phi) is 8.86. The lowest BCUT2D eigenvalue weighted by Crippen LogP contribution is -2.49. The summed E-state index contributed by atoms with van der Waals surface area (Å²) in [6, 6.07) is 9.54. The Bertz CT molecular complexity index is 1750. The summed E-state index contributed by atoms with van der Waals surface area (Å²) in [6.45, 7) is 2.74. The summed E-state index contributed by atoms with van der Waals surface area (Å²) in [4.78, 5) is 19.2. The van der Waals surface area contributed by atoms with Gasteiger partial charge in [0.1, 0.15) is 17.9 Å². The monoisotopic (exact) mass is 666 g/mol. The molecule has 3 aliphatic rings. The first-order valence-corrected chi connectivity index (χ1v) is 16.2. The standard InChI is InChI=1S/C34H38F4N8O2/c1-43-20-22(19-41-43)25-16-27(30(47-2)17-29(25)45-11-6-23(7-12-45)44-13-9-34(37,38)10-14-44)42-31-18-32(40-21-39-31)46-28(8-15-48-46)24-4-3-5-26(35)33(24)36/h3-5,16-21,23,28H,6-15H2,1-2H3,(H,39,40,42)/t28-/m1/s1. The van der Waals surface area contributed by atoms with E-state index in [1.807, 2.05) is 31.6 Å². The Balaban J connectivity index is 1.14. The largest absolute Gasteiger partial charge is 0.494 e. The average molecular weight is 667 g/mol. The molecule has 10 nitrogen and oxygen atoms in total. The third-order valence-electron chi connectivity index (χ3n) is 9.57. The number of nitrogens with one attached hydrogen (secondary N) is 1. The van der Waals surface area contributed by atoms with Crippen LogP contribution in [-0.4, -0.2) is 76.5 Å². The zero-order chi connectivity index (χ0) is 33.4. The molecule has 1 atom stereocenters. The molecule has 1 N–H and O–H groups in total. The Morgan fingerprint density at radius 3 is 2.52 bits per heavy atom. The summed E-state index contributed by atoms with van der Waals surface area (Å²) >= 11 is 0. The number of hydrogen-bond donors (Lipinski definition) is 1. The topological polar surface area (TPSA) is 83.8 Å². The van der Waals surface area contributed by atoms with Gasteiger partial charge in [-0.25, -0.2) is 32.6 Å². The smallest absolute Gasteiger partial charge is 0.250 e. The van der Waals surface area contributed by atoms with E-state index in [2.05, 4.69) is 30.2 Å². The van der Waals surface area contributed by atoms with Gasteiger partial charge in [-0.2, -0.15) is 5.10 Å². The lowest BCUT2D eigenvalue weighted by atomic mass is 9.96. The molecule has 254 valence electrons. The van der Waals surface area contributed by atoms with E-state index < -0.39 is 23.6 Å². The number of anilines is 4. The van der Waals surface area contributed by atoms with Crippen LogP contribution in [0, 0.1) is 11.6 Å². The first-order chi connectivity index (χ1) is 23.2. The summed E-state index contributed by atoms with van der Waals surface area (Å²) in [5.74, 6) is -2.94. The summed E-state index contributed by atoms with van der Waals surface area (Å²) in [6.07, 6.45) is 7.22. The second-order valence-corrected chi connectivity index (χ2v) is 12.6. The number of aryl methyl sites for hydroxylation is 1. The molecule has 2 aromatic carbocycles. The van der Waals surface area contributed by atoms with Crippen LogP contribution in [-0.2, 0) is 11.9 Å². The number of methoxy groups -OCH3 is 1. The number of likely N-dealkylation sites (tertiary alicyclic amines) is 1. The predicted octanol–water partition coefficient (Wildman–Crippen LogP) is 6.49. The molecule has 0 aliphatic carbocycles. The van der Waals surface area contributed by atoms with E-state index in [4.69, 9.17) is 9.57 Å². The molecule has 0 spiro atoms. The van der Waals surface area contributed by atoms with Crippen molar-refractivity contribution in [1.82, 2.24) is 24.6 Å². The van der Waals surface area contributed by atoms with Crippen molar-refractivity contribution in [3.8, 4) is 16.9 Å². The molecule has 0 saturated carbocycles. The minimum Gasteiger partial charge on any atom is -0.494 e. The van der Waals surface area contributed by atoms with E-state index in [1.54, 1.807) is 23.9 Å². The molecular weight excluding hydrogens is 628 g/mol. The highest BCUT2D eigenvalue weighted by molar-refractivity contribution is 5.85. The molecule has 0 amide bonds. The number of halogens is 4. The normalized spacial score (nSPS) is 20.3. The molecule has 48 heavy (non-hydrogen) atoms. The van der Waals surface area contributed by atoms with Crippen molar-refractivity contribution in [3.63, 3.8) is 0 Å². The van der Waals surface area contributed by atoms with E-state index in [9.17, 15) is 17.6 Å². The molecule has 0 bridgehead atoms. The number of alkyl halides is 2. The summed E-state index contributed by atoms with van der Waals surface area (Å²) in [7, 11) is 3.47. The van der Waals surface area contributed by atoms with Gasteiger partial charge in [-0.1, -0.05) is 12.1 Å². The Morgan fingerprint density at radius 2 is 1.79 bits per heavy atom. The molecule has 7 rings (SSSR count). The van der Waals surface area contributed by atoms with Crippen molar-refractivity contribution in [2.24, 2.45) is 7.05 Å². The van der Waals surface area contributed by atoms with E-state index >= 15 is 0 Å². The first kappa shape index (κ1) is 32.1. The Labute approximate surface area is 276 Å². The molecule has 3 aliphatic heterocycles. The molecular formula is C34H38F4N8O2. The van der Waals surface area contributed by atoms with Crippen LogP contribution in [0.3, 0.4) is 0 Å². The van der Waals surface area contributed by atoms with E-state index in [0.717, 1.165) is 48.8 Å². The fourth-order valence-corrected chi connectivity index (χ4v) is 7.01. The van der Waals surface area contributed by atoms with Gasteiger partial charge >= 0.3 is 0 Å². The van der Waals surface area contributed by atoms with Crippen molar-refractivity contribution >= 4 is 23.0 Å². The van der Waals surface area contributed by atoms with Gasteiger partial charge in [0.15, 0.2) is 17.5 Å². The zero-order valence-electron chi connectivity index (χ0n) is 26.9. The predicted molar refractivity (Wildman–Crippen MR) is 174 cm³/mol. The minimum atomic E-state index is -2.55. The molecule has 5 heterocycles. The van der Waals surface area contributed by atoms with Crippen molar-refractivity contribution in [1.29, 1.82) is 0 Å². The highest BCUT2D eigenvalue weighted by atomic mass is 19.3. The first-order valence-electron chi connectivity index (χ1n) is 16.2. The lowest BCUT2D eigenvalue weighted by molar-refractivity contribution is -0.0646. The SMILES string of the molecule is COc1cc(N2CCC(N3CCC(F)(F)CC3)CC2)c(-c2cnn(C)c2)cc1Nc1cc(N2OCC[C@@H]2c2cccc(F)c2F)ncn1. The third kappa shape index (κ3) is 6.50. The fraction of sp³-hybridized carbons (Fsp3) is 0.441. The number of hydroxylamine groups is 1. The summed E-state index contributed by atoms with van der Waals surface area (Å²) in [5, 5.41) is 9.26. The van der Waals surface area contributed by atoms with Gasteiger partial charge in [0.25, 0.3) is 5.92 Å². The molecule has 3 fully saturated rings. The second-order valence-electron chi connectivity index (χ2n) is 12.6. The molecule has 4 aromatic rings. The van der Waals surface area contributed by atoms with Gasteiger partial charge in [-0.3, -0.25) is 14.4 Å². The molecule has 0 unspecified atom stereocenters. The number of rotatable bonds is 8. The quantitative estimate of drug-likeness (QED) is 0.212. The average Bonchev–Trinajstić information content (AvgIpc) is 3.76. The Morgan fingerprint density at radius 1 is 1.00 bits per heavy atom. The van der Waals surface area contributed by atoms with Crippen LogP contribution in [0.5, 0.6) is 5.75 Å². The second kappa shape index (κ2) is 13.2. The van der Waals surface area contributed by atoms with Gasteiger partial charge < -0.3 is 15.0 Å². The van der Waals surface area contributed by atoms with Crippen molar-refractivity contribution in [2.75, 3.05) is 55.2 Å². The fourth-order valence-electron chi connectivity index (χ4n) is 7.01. The van der Waals surface area contributed by atoms with Gasteiger partial charge in [0.05, 0.1) is 31.6 Å². The summed E-state index contributed by atoms with van der Waals surface area (Å²) < 4.78 is 63.9. The number of nitrogens with zero attached hydrogens (tertiary/aromatic N) is 7. The van der Waals surface area contributed by atoms with E-state index in [1.165, 1.54) is 17.5 Å². The van der Waals surface area contributed by atoms with Crippen molar-refractivity contribution < 1.29 is 27.1 Å². The van der Waals surface area contributed by atoms with Gasteiger partial charge in [0, 0.05) is 99.2 Å². The van der Waals surface area contributed by atoms with Crippen LogP contribution in [0.1, 0.15) is 43.7 Å². The highest BCUT2D eigenvalue weighted by Crippen LogP contribution is 2.42. The van der Waals surface area contributed by atoms with Crippen LogP contribution in [0.25, 0.3) is 11.1 Å². The van der Waals surface area contributed by atoms with Crippen LogP contribution >= 0.6 is 0 Å². The maximum atomic E-state index is 14.7. The summed E-state index contributed by atoms with van der Waals surface area (Å²) in [5.41, 5.74) is 3.71.